The summed E-state index contributed by atoms with van der Waals surface area (Å²) in [4.78, 5) is 5.26. The molecule has 0 aliphatic heterocycles. The predicted octanol–water partition coefficient (Wildman–Crippen LogP) is 6.48. The minimum Gasteiger partial charge on any atom is -0.507 e. The van der Waals surface area contributed by atoms with Crippen molar-refractivity contribution in [2.45, 2.75) is 39.0 Å². The predicted molar refractivity (Wildman–Crippen MR) is 125 cm³/mol. The van der Waals surface area contributed by atoms with Crippen LogP contribution in [0.15, 0.2) is 60.0 Å². The van der Waals surface area contributed by atoms with E-state index in [1.54, 1.807) is 6.07 Å². The van der Waals surface area contributed by atoms with Crippen LogP contribution in [0.4, 0.5) is 11.4 Å². The van der Waals surface area contributed by atoms with Crippen LogP contribution in [-0.2, 0) is 6.42 Å². The molecule has 4 nitrogen and oxygen atoms in total. The standard InChI is InChI=1S/C24H27N3OS/c1-6-20-13-19(12-17(4)25-20)18(5)26-21-10-11-22(28)23(14-21)29-27-24-15(2)8-7-9-16(24)3/h7-14,26-28H,5-6H2,1-4H3. The molecular weight excluding hydrogens is 378 g/mol. The van der Waals surface area contributed by atoms with Gasteiger partial charge in [-0.15, -0.1) is 0 Å². The lowest BCUT2D eigenvalue weighted by molar-refractivity contribution is 0.462. The van der Waals surface area contributed by atoms with Crippen LogP contribution in [0.3, 0.4) is 0 Å². The first kappa shape index (κ1) is 20.8. The molecule has 5 heteroatoms. The maximum Gasteiger partial charge on any atom is 0.131 e. The van der Waals surface area contributed by atoms with E-state index in [9.17, 15) is 5.11 Å². The summed E-state index contributed by atoms with van der Waals surface area (Å²) >= 11 is 1.39. The lowest BCUT2D eigenvalue weighted by Gasteiger charge is -2.15. The summed E-state index contributed by atoms with van der Waals surface area (Å²) in [6.07, 6.45) is 0.881. The zero-order valence-electron chi connectivity index (χ0n) is 17.3. The molecular formula is C24H27N3OS. The van der Waals surface area contributed by atoms with Crippen molar-refractivity contribution in [1.29, 1.82) is 0 Å². The van der Waals surface area contributed by atoms with Crippen molar-refractivity contribution in [3.05, 3.63) is 83.2 Å². The van der Waals surface area contributed by atoms with Gasteiger partial charge in [-0.25, -0.2) is 0 Å². The van der Waals surface area contributed by atoms with E-state index in [2.05, 4.69) is 60.6 Å². The molecule has 0 amide bonds. The maximum absolute atomic E-state index is 10.3. The Kier molecular flexibility index (Phi) is 6.49. The average molecular weight is 406 g/mol. The van der Waals surface area contributed by atoms with E-state index in [1.807, 2.05) is 31.2 Å². The molecule has 2 aromatic carbocycles. The number of pyridine rings is 1. The lowest BCUT2D eigenvalue weighted by Crippen LogP contribution is -2.01. The third-order valence-electron chi connectivity index (χ3n) is 4.72. The molecule has 1 aromatic heterocycles. The third-order valence-corrected chi connectivity index (χ3v) is 5.57. The van der Waals surface area contributed by atoms with Crippen LogP contribution >= 0.6 is 11.9 Å². The Labute approximate surface area is 177 Å². The summed E-state index contributed by atoms with van der Waals surface area (Å²) in [7, 11) is 0. The maximum atomic E-state index is 10.3. The first-order chi connectivity index (χ1) is 13.9. The fraction of sp³-hybridized carbons (Fsp3) is 0.208. The Balaban J connectivity index is 1.77. The van der Waals surface area contributed by atoms with Gasteiger partial charge < -0.3 is 15.1 Å². The van der Waals surface area contributed by atoms with Crippen LogP contribution in [0.25, 0.3) is 5.70 Å². The summed E-state index contributed by atoms with van der Waals surface area (Å²) in [6, 6.07) is 15.7. The molecule has 3 rings (SSSR count). The number of para-hydroxylation sites is 1. The molecule has 0 unspecified atom stereocenters. The van der Waals surface area contributed by atoms with E-state index in [1.165, 1.54) is 23.1 Å². The van der Waals surface area contributed by atoms with E-state index in [0.29, 0.717) is 0 Å². The molecule has 0 saturated heterocycles. The van der Waals surface area contributed by atoms with E-state index in [4.69, 9.17) is 0 Å². The van der Waals surface area contributed by atoms with Crippen LogP contribution < -0.4 is 10.0 Å². The van der Waals surface area contributed by atoms with Crippen LogP contribution in [0, 0.1) is 20.8 Å². The van der Waals surface area contributed by atoms with Gasteiger partial charge in [-0.05, 0) is 80.6 Å². The molecule has 3 N–H and O–H groups in total. The number of hydrogen-bond acceptors (Lipinski definition) is 5. The van der Waals surface area contributed by atoms with Crippen LogP contribution in [0.1, 0.15) is 35.0 Å². The van der Waals surface area contributed by atoms with Gasteiger partial charge in [0.1, 0.15) is 5.75 Å². The summed E-state index contributed by atoms with van der Waals surface area (Å²) < 4.78 is 3.37. The number of nitrogens with one attached hydrogen (secondary N) is 2. The first-order valence-corrected chi connectivity index (χ1v) is 10.4. The number of phenolic OH excluding ortho intramolecular Hbond substituents is 1. The molecule has 0 aliphatic rings. The summed E-state index contributed by atoms with van der Waals surface area (Å²) in [5.74, 6) is 0.234. The fourth-order valence-electron chi connectivity index (χ4n) is 3.09. The van der Waals surface area contributed by atoms with Crippen molar-refractivity contribution >= 4 is 29.0 Å². The van der Waals surface area contributed by atoms with Crippen molar-refractivity contribution in [3.63, 3.8) is 0 Å². The number of aromatic hydroxyl groups is 1. The van der Waals surface area contributed by atoms with E-state index in [0.717, 1.165) is 45.3 Å². The van der Waals surface area contributed by atoms with Crippen LogP contribution in [-0.4, -0.2) is 10.1 Å². The van der Waals surface area contributed by atoms with E-state index < -0.39 is 0 Å². The van der Waals surface area contributed by atoms with Gasteiger partial charge in [0.15, 0.2) is 0 Å². The highest BCUT2D eigenvalue weighted by molar-refractivity contribution is 8.00. The highest BCUT2D eigenvalue weighted by atomic mass is 32.2. The van der Waals surface area contributed by atoms with Crippen molar-refractivity contribution < 1.29 is 5.11 Å². The van der Waals surface area contributed by atoms with Gasteiger partial charge in [0, 0.05) is 28.3 Å². The summed E-state index contributed by atoms with van der Waals surface area (Å²) in [6.45, 7) is 12.4. The molecule has 0 bridgehead atoms. The Morgan fingerprint density at radius 2 is 1.79 bits per heavy atom. The van der Waals surface area contributed by atoms with Crippen molar-refractivity contribution in [2.75, 3.05) is 10.0 Å². The minimum absolute atomic E-state index is 0.234. The monoisotopic (exact) mass is 405 g/mol. The van der Waals surface area contributed by atoms with Gasteiger partial charge in [-0.3, -0.25) is 4.98 Å². The lowest BCUT2D eigenvalue weighted by atomic mass is 10.1. The minimum atomic E-state index is 0.234. The second-order valence-electron chi connectivity index (χ2n) is 7.10. The number of hydrogen-bond donors (Lipinski definition) is 3. The van der Waals surface area contributed by atoms with Gasteiger partial charge in [0.05, 0.1) is 10.6 Å². The van der Waals surface area contributed by atoms with Crippen molar-refractivity contribution in [1.82, 2.24) is 4.98 Å². The molecule has 0 aliphatic carbocycles. The molecule has 0 spiro atoms. The molecule has 0 radical (unpaired) electrons. The summed E-state index contributed by atoms with van der Waals surface area (Å²) in [5, 5.41) is 13.6. The zero-order valence-corrected chi connectivity index (χ0v) is 18.2. The smallest absolute Gasteiger partial charge is 0.131 e. The number of benzene rings is 2. The number of aryl methyl sites for hydroxylation is 4. The molecule has 0 fully saturated rings. The molecule has 3 aromatic rings. The third kappa shape index (κ3) is 5.12. The first-order valence-electron chi connectivity index (χ1n) is 9.63. The SMILES string of the molecule is C=C(Nc1ccc(O)c(SNc2c(C)cccc2C)c1)c1cc(C)nc(CC)c1. The highest BCUT2D eigenvalue weighted by Crippen LogP contribution is 2.34. The molecule has 150 valence electrons. The normalized spacial score (nSPS) is 10.6. The largest absolute Gasteiger partial charge is 0.507 e. The highest BCUT2D eigenvalue weighted by Gasteiger charge is 2.09. The van der Waals surface area contributed by atoms with Gasteiger partial charge in [0.25, 0.3) is 0 Å². The second kappa shape index (κ2) is 9.05. The number of aromatic nitrogens is 1. The van der Waals surface area contributed by atoms with Gasteiger partial charge in [-0.2, -0.15) is 0 Å². The number of phenols is 1. The second-order valence-corrected chi connectivity index (χ2v) is 7.95. The number of anilines is 2. The Bertz CT molecular complexity index is 1030. The Morgan fingerprint density at radius 3 is 2.48 bits per heavy atom. The van der Waals surface area contributed by atoms with Crippen LogP contribution in [0.2, 0.25) is 0 Å². The average Bonchev–Trinajstić information content (AvgIpc) is 2.69. The fourth-order valence-corrected chi connectivity index (χ4v) is 3.99. The van der Waals surface area contributed by atoms with E-state index >= 15 is 0 Å². The Morgan fingerprint density at radius 1 is 1.07 bits per heavy atom. The van der Waals surface area contributed by atoms with Gasteiger partial charge in [0.2, 0.25) is 0 Å². The van der Waals surface area contributed by atoms with Crippen molar-refractivity contribution in [2.24, 2.45) is 0 Å². The van der Waals surface area contributed by atoms with E-state index in [-0.39, 0.29) is 5.75 Å². The van der Waals surface area contributed by atoms with Gasteiger partial charge in [-0.1, -0.05) is 31.7 Å². The molecule has 0 saturated carbocycles. The molecule has 29 heavy (non-hydrogen) atoms. The summed E-state index contributed by atoms with van der Waals surface area (Å²) in [5.41, 5.74) is 8.11. The topological polar surface area (TPSA) is 57.2 Å². The zero-order chi connectivity index (χ0) is 21.0. The van der Waals surface area contributed by atoms with Crippen molar-refractivity contribution in [3.8, 4) is 5.75 Å². The van der Waals surface area contributed by atoms with Crippen LogP contribution in [0.5, 0.6) is 5.75 Å². The number of nitrogens with zero attached hydrogens (tertiary/aromatic N) is 1. The number of rotatable bonds is 7. The molecule has 1 heterocycles. The molecule has 0 atom stereocenters. The Hall–Kier alpha value is -2.92. The quantitative estimate of drug-likeness (QED) is 0.310. The van der Waals surface area contributed by atoms with Gasteiger partial charge >= 0.3 is 0 Å².